The third kappa shape index (κ3) is 5.27. The van der Waals surface area contributed by atoms with Gasteiger partial charge in [-0.3, -0.25) is 9.69 Å². The molecule has 4 rings (SSSR count). The molecule has 1 heterocycles. The van der Waals surface area contributed by atoms with Crippen molar-refractivity contribution in [3.63, 3.8) is 0 Å². The molecular formula is C26H26ClNO3. The van der Waals surface area contributed by atoms with Gasteiger partial charge in [-0.25, -0.2) is 0 Å². The normalized spacial score (nSPS) is 14.3. The van der Waals surface area contributed by atoms with Crippen LogP contribution in [0.25, 0.3) is 0 Å². The molecular weight excluding hydrogens is 410 g/mol. The molecule has 0 bridgehead atoms. The summed E-state index contributed by atoms with van der Waals surface area (Å²) in [5, 5.41) is 0.724. The molecule has 4 nitrogen and oxygen atoms in total. The third-order valence-electron chi connectivity index (χ3n) is 5.44. The van der Waals surface area contributed by atoms with E-state index in [4.69, 9.17) is 21.1 Å². The number of halogens is 1. The number of nitrogens with zero attached hydrogens (tertiary/aromatic N) is 1. The van der Waals surface area contributed by atoms with Gasteiger partial charge in [-0.2, -0.15) is 0 Å². The average molecular weight is 436 g/mol. The minimum absolute atomic E-state index is 0.130. The predicted molar refractivity (Wildman–Crippen MR) is 122 cm³/mol. The zero-order valence-electron chi connectivity index (χ0n) is 17.8. The highest BCUT2D eigenvalue weighted by Crippen LogP contribution is 2.30. The molecule has 1 aliphatic rings. The van der Waals surface area contributed by atoms with Crippen LogP contribution in [0.3, 0.4) is 0 Å². The first-order valence-electron chi connectivity index (χ1n) is 10.5. The number of carbonyl (C=O) groups is 1. The molecule has 3 aromatic carbocycles. The molecule has 160 valence electrons. The molecule has 0 saturated heterocycles. The Balaban J connectivity index is 1.39. The first-order valence-corrected chi connectivity index (χ1v) is 10.9. The highest BCUT2D eigenvalue weighted by atomic mass is 35.5. The number of benzene rings is 3. The van der Waals surface area contributed by atoms with E-state index in [0.717, 1.165) is 22.9 Å². The lowest BCUT2D eigenvalue weighted by atomic mass is 10.0. The fourth-order valence-corrected chi connectivity index (χ4v) is 4.19. The van der Waals surface area contributed by atoms with Crippen molar-refractivity contribution < 1.29 is 14.3 Å². The van der Waals surface area contributed by atoms with Crippen molar-refractivity contribution in [1.82, 2.24) is 4.90 Å². The highest BCUT2D eigenvalue weighted by Gasteiger charge is 2.34. The van der Waals surface area contributed by atoms with E-state index < -0.39 is 0 Å². The molecule has 3 aromatic rings. The molecule has 0 amide bonds. The zero-order chi connectivity index (χ0) is 21.8. The Hall–Kier alpha value is -2.82. The van der Waals surface area contributed by atoms with Gasteiger partial charge in [0.1, 0.15) is 24.1 Å². The first-order chi connectivity index (χ1) is 15.0. The van der Waals surface area contributed by atoms with Crippen molar-refractivity contribution in [3.05, 3.63) is 94.5 Å². The topological polar surface area (TPSA) is 38.8 Å². The van der Waals surface area contributed by atoms with Gasteiger partial charge >= 0.3 is 5.97 Å². The van der Waals surface area contributed by atoms with Crippen LogP contribution in [0.1, 0.15) is 30.5 Å². The number of esters is 1. The maximum Gasteiger partial charge on any atom is 0.323 e. The highest BCUT2D eigenvalue weighted by molar-refractivity contribution is 6.30. The molecule has 0 N–H and O–H groups in total. The van der Waals surface area contributed by atoms with E-state index in [1.165, 1.54) is 11.1 Å². The van der Waals surface area contributed by atoms with Crippen LogP contribution < -0.4 is 4.74 Å². The van der Waals surface area contributed by atoms with Gasteiger partial charge < -0.3 is 9.47 Å². The Morgan fingerprint density at radius 1 is 0.935 bits per heavy atom. The van der Waals surface area contributed by atoms with Crippen molar-refractivity contribution in [2.45, 2.75) is 39.6 Å². The average Bonchev–Trinajstić information content (AvgIpc) is 3.15. The number of rotatable bonds is 7. The van der Waals surface area contributed by atoms with Crippen molar-refractivity contribution in [2.24, 2.45) is 5.92 Å². The largest absolute Gasteiger partial charge is 0.460 e. The van der Waals surface area contributed by atoms with Crippen LogP contribution in [0, 0.1) is 5.92 Å². The standard InChI is InChI=1S/C26H26ClNO3/c1-18(2)25(28-15-20-11-12-22(27)14-21(20)16-28)26(29)30-17-19-7-6-10-24(13-19)31-23-8-4-3-5-9-23/h3-14,18,25H,15-17H2,1-2H3. The molecule has 0 radical (unpaired) electrons. The minimum atomic E-state index is -0.310. The quantitative estimate of drug-likeness (QED) is 0.413. The van der Waals surface area contributed by atoms with Gasteiger partial charge in [-0.15, -0.1) is 0 Å². The summed E-state index contributed by atoms with van der Waals surface area (Å²) in [6.45, 7) is 5.74. The van der Waals surface area contributed by atoms with Crippen LogP contribution in [0.2, 0.25) is 5.02 Å². The summed E-state index contributed by atoms with van der Waals surface area (Å²) in [5.41, 5.74) is 3.28. The number of hydrogen-bond acceptors (Lipinski definition) is 4. The van der Waals surface area contributed by atoms with Crippen LogP contribution in [0.15, 0.2) is 72.8 Å². The molecule has 0 aromatic heterocycles. The van der Waals surface area contributed by atoms with E-state index in [9.17, 15) is 4.79 Å². The van der Waals surface area contributed by atoms with E-state index in [1.54, 1.807) is 0 Å². The number of para-hydroxylation sites is 1. The smallest absolute Gasteiger partial charge is 0.323 e. The molecule has 0 saturated carbocycles. The molecule has 0 aliphatic carbocycles. The number of carbonyl (C=O) groups excluding carboxylic acids is 1. The Morgan fingerprint density at radius 3 is 2.45 bits per heavy atom. The molecule has 0 fully saturated rings. The van der Waals surface area contributed by atoms with Gasteiger partial charge in [0.15, 0.2) is 0 Å². The second kappa shape index (κ2) is 9.54. The van der Waals surface area contributed by atoms with Crippen LogP contribution in [0.5, 0.6) is 11.5 Å². The van der Waals surface area contributed by atoms with Crippen LogP contribution in [-0.4, -0.2) is 16.9 Å². The summed E-state index contributed by atoms with van der Waals surface area (Å²) in [5.74, 6) is 1.41. The van der Waals surface area contributed by atoms with Gasteiger partial charge in [0.05, 0.1) is 0 Å². The lowest BCUT2D eigenvalue weighted by molar-refractivity contribution is -0.153. The van der Waals surface area contributed by atoms with E-state index in [-0.39, 0.29) is 24.5 Å². The number of fused-ring (bicyclic) bond motifs is 1. The summed E-state index contributed by atoms with van der Waals surface area (Å²) in [7, 11) is 0. The second-order valence-electron chi connectivity index (χ2n) is 8.18. The van der Waals surface area contributed by atoms with Gasteiger partial charge in [-0.1, -0.05) is 61.8 Å². The molecule has 5 heteroatoms. The monoisotopic (exact) mass is 435 g/mol. The lowest BCUT2D eigenvalue weighted by Crippen LogP contribution is -2.42. The van der Waals surface area contributed by atoms with Gasteiger partial charge in [0, 0.05) is 18.1 Å². The number of ether oxygens (including phenoxy) is 2. The SMILES string of the molecule is CC(C)C(C(=O)OCc1cccc(Oc2ccccc2)c1)N1Cc2ccc(Cl)cc2C1. The fourth-order valence-electron chi connectivity index (χ4n) is 3.99. The van der Waals surface area contributed by atoms with Gasteiger partial charge in [-0.05, 0) is 59.0 Å². The maximum absolute atomic E-state index is 13.0. The van der Waals surface area contributed by atoms with Gasteiger partial charge in [0.2, 0.25) is 0 Å². The summed E-state index contributed by atoms with van der Waals surface area (Å²) in [4.78, 5) is 15.2. The predicted octanol–water partition coefficient (Wildman–Crippen LogP) is 6.22. The summed E-state index contributed by atoms with van der Waals surface area (Å²) >= 11 is 6.14. The first kappa shape index (κ1) is 21.4. The summed E-state index contributed by atoms with van der Waals surface area (Å²) < 4.78 is 11.6. The molecule has 1 unspecified atom stereocenters. The minimum Gasteiger partial charge on any atom is -0.460 e. The van der Waals surface area contributed by atoms with E-state index in [0.29, 0.717) is 12.3 Å². The van der Waals surface area contributed by atoms with Crippen molar-refractivity contribution in [2.75, 3.05) is 0 Å². The van der Waals surface area contributed by atoms with Crippen molar-refractivity contribution in [1.29, 1.82) is 0 Å². The fraction of sp³-hybridized carbons (Fsp3) is 0.269. The Bertz CT molecular complexity index is 1050. The van der Waals surface area contributed by atoms with E-state index in [2.05, 4.69) is 18.7 Å². The summed E-state index contributed by atoms with van der Waals surface area (Å²) in [6.07, 6.45) is 0. The van der Waals surface area contributed by atoms with E-state index in [1.807, 2.05) is 72.8 Å². The third-order valence-corrected chi connectivity index (χ3v) is 5.68. The van der Waals surface area contributed by atoms with Crippen LogP contribution in [-0.2, 0) is 29.2 Å². The Labute approximate surface area is 188 Å². The van der Waals surface area contributed by atoms with Crippen molar-refractivity contribution >= 4 is 17.6 Å². The Morgan fingerprint density at radius 2 is 1.68 bits per heavy atom. The maximum atomic E-state index is 13.0. The second-order valence-corrected chi connectivity index (χ2v) is 8.61. The van der Waals surface area contributed by atoms with Crippen LogP contribution >= 0.6 is 11.6 Å². The van der Waals surface area contributed by atoms with Crippen molar-refractivity contribution in [3.8, 4) is 11.5 Å². The Kier molecular flexibility index (Phi) is 6.59. The summed E-state index contributed by atoms with van der Waals surface area (Å²) in [6, 6.07) is 22.9. The lowest BCUT2D eigenvalue weighted by Gasteiger charge is -2.28. The molecule has 1 atom stereocenters. The van der Waals surface area contributed by atoms with Crippen LogP contribution in [0.4, 0.5) is 0 Å². The zero-order valence-corrected chi connectivity index (χ0v) is 18.5. The molecule has 0 spiro atoms. The van der Waals surface area contributed by atoms with E-state index >= 15 is 0 Å². The number of hydrogen-bond donors (Lipinski definition) is 0. The van der Waals surface area contributed by atoms with Gasteiger partial charge in [0.25, 0.3) is 0 Å². The molecule has 1 aliphatic heterocycles. The molecule has 31 heavy (non-hydrogen) atoms.